The molecule has 1 saturated heterocycles. The van der Waals surface area contributed by atoms with Crippen LogP contribution in [-0.4, -0.2) is 19.8 Å². The molecule has 1 N–H and O–H groups in total. The predicted molar refractivity (Wildman–Crippen MR) is 66.5 cm³/mol. The van der Waals surface area contributed by atoms with E-state index < -0.39 is 11.6 Å². The Labute approximate surface area is 106 Å². The SMILES string of the molecule is CNC(c1ccc(C)c(F)c1F)C1CCCCO1. The first kappa shape index (κ1) is 13.4. The number of hydrogen-bond acceptors (Lipinski definition) is 2. The fourth-order valence-corrected chi connectivity index (χ4v) is 2.47. The molecule has 0 radical (unpaired) electrons. The molecule has 1 aliphatic heterocycles. The lowest BCUT2D eigenvalue weighted by atomic mass is 9.94. The summed E-state index contributed by atoms with van der Waals surface area (Å²) >= 11 is 0. The molecule has 100 valence electrons. The molecule has 1 fully saturated rings. The molecule has 0 saturated carbocycles. The van der Waals surface area contributed by atoms with Gasteiger partial charge in [-0.2, -0.15) is 0 Å². The number of benzene rings is 1. The standard InChI is InChI=1S/C14H19F2NO/c1-9-6-7-10(13(16)12(9)15)14(17-2)11-5-3-4-8-18-11/h6-7,11,14,17H,3-5,8H2,1-2H3. The number of rotatable bonds is 3. The maximum absolute atomic E-state index is 14.0. The van der Waals surface area contributed by atoms with Crippen LogP contribution in [0.4, 0.5) is 8.78 Å². The molecule has 4 heteroatoms. The van der Waals surface area contributed by atoms with E-state index in [9.17, 15) is 8.78 Å². The summed E-state index contributed by atoms with van der Waals surface area (Å²) < 4.78 is 33.3. The summed E-state index contributed by atoms with van der Waals surface area (Å²) in [6, 6.07) is 2.97. The van der Waals surface area contributed by atoms with Crippen molar-refractivity contribution >= 4 is 0 Å². The molecule has 0 aromatic heterocycles. The van der Waals surface area contributed by atoms with Gasteiger partial charge in [-0.05, 0) is 38.8 Å². The van der Waals surface area contributed by atoms with E-state index in [0.29, 0.717) is 17.7 Å². The van der Waals surface area contributed by atoms with Crippen molar-refractivity contribution in [3.8, 4) is 0 Å². The van der Waals surface area contributed by atoms with E-state index in [0.717, 1.165) is 19.3 Å². The monoisotopic (exact) mass is 255 g/mol. The summed E-state index contributed by atoms with van der Waals surface area (Å²) in [7, 11) is 1.75. The van der Waals surface area contributed by atoms with Crippen molar-refractivity contribution in [1.29, 1.82) is 0 Å². The zero-order valence-electron chi connectivity index (χ0n) is 10.8. The average molecular weight is 255 g/mol. The molecular weight excluding hydrogens is 236 g/mol. The Morgan fingerprint density at radius 1 is 1.28 bits per heavy atom. The van der Waals surface area contributed by atoms with Crippen molar-refractivity contribution in [1.82, 2.24) is 5.32 Å². The zero-order chi connectivity index (χ0) is 13.1. The van der Waals surface area contributed by atoms with Crippen LogP contribution in [-0.2, 0) is 4.74 Å². The minimum Gasteiger partial charge on any atom is -0.376 e. The fraction of sp³-hybridized carbons (Fsp3) is 0.571. The Morgan fingerprint density at radius 3 is 2.67 bits per heavy atom. The van der Waals surface area contributed by atoms with Crippen LogP contribution in [0.5, 0.6) is 0 Å². The largest absolute Gasteiger partial charge is 0.376 e. The number of halogens is 2. The second kappa shape index (κ2) is 5.76. The molecule has 1 aromatic carbocycles. The lowest BCUT2D eigenvalue weighted by Crippen LogP contribution is -2.35. The first-order valence-corrected chi connectivity index (χ1v) is 6.38. The minimum absolute atomic E-state index is 0.0830. The van der Waals surface area contributed by atoms with E-state index >= 15 is 0 Å². The third-order valence-electron chi connectivity index (χ3n) is 3.54. The highest BCUT2D eigenvalue weighted by Gasteiger charge is 2.28. The smallest absolute Gasteiger partial charge is 0.163 e. The van der Waals surface area contributed by atoms with E-state index in [2.05, 4.69) is 5.32 Å². The zero-order valence-corrected chi connectivity index (χ0v) is 10.8. The molecule has 1 aromatic rings. The molecule has 2 rings (SSSR count). The van der Waals surface area contributed by atoms with E-state index in [-0.39, 0.29) is 12.1 Å². The Hall–Kier alpha value is -1.00. The van der Waals surface area contributed by atoms with Crippen molar-refractivity contribution in [3.05, 3.63) is 34.9 Å². The van der Waals surface area contributed by atoms with Gasteiger partial charge in [-0.1, -0.05) is 12.1 Å². The second-order valence-corrected chi connectivity index (χ2v) is 4.77. The van der Waals surface area contributed by atoms with Crippen molar-refractivity contribution in [2.24, 2.45) is 0 Å². The fourth-order valence-electron chi connectivity index (χ4n) is 2.47. The van der Waals surface area contributed by atoms with E-state index in [4.69, 9.17) is 4.74 Å². The van der Waals surface area contributed by atoms with E-state index in [1.165, 1.54) is 0 Å². The molecule has 0 spiro atoms. The molecule has 0 amide bonds. The number of hydrogen-bond donors (Lipinski definition) is 1. The van der Waals surface area contributed by atoms with Gasteiger partial charge in [-0.25, -0.2) is 8.78 Å². The molecule has 2 unspecified atom stereocenters. The van der Waals surface area contributed by atoms with Crippen LogP contribution in [0.1, 0.15) is 36.4 Å². The summed E-state index contributed by atoms with van der Waals surface area (Å²) in [5, 5.41) is 3.04. The Kier molecular flexibility index (Phi) is 4.30. The Balaban J connectivity index is 2.29. The van der Waals surface area contributed by atoms with Crippen LogP contribution in [0.25, 0.3) is 0 Å². The van der Waals surface area contributed by atoms with Crippen LogP contribution in [0.3, 0.4) is 0 Å². The number of ether oxygens (including phenoxy) is 1. The summed E-state index contributed by atoms with van der Waals surface area (Å²) in [5.74, 6) is -1.52. The first-order chi connectivity index (χ1) is 8.65. The topological polar surface area (TPSA) is 21.3 Å². The summed E-state index contributed by atoms with van der Waals surface area (Å²) in [6.07, 6.45) is 2.90. The van der Waals surface area contributed by atoms with E-state index in [1.807, 2.05) is 0 Å². The Bertz CT molecular complexity index is 417. The molecule has 1 heterocycles. The summed E-state index contributed by atoms with van der Waals surface area (Å²) in [5.41, 5.74) is 0.683. The van der Waals surface area contributed by atoms with E-state index in [1.54, 1.807) is 26.1 Å². The summed E-state index contributed by atoms with van der Waals surface area (Å²) in [4.78, 5) is 0. The van der Waals surface area contributed by atoms with Gasteiger partial charge < -0.3 is 10.1 Å². The maximum Gasteiger partial charge on any atom is 0.163 e. The van der Waals surface area contributed by atoms with Gasteiger partial charge in [0, 0.05) is 12.2 Å². The highest BCUT2D eigenvalue weighted by atomic mass is 19.2. The van der Waals surface area contributed by atoms with Gasteiger partial charge in [0.1, 0.15) is 0 Å². The highest BCUT2D eigenvalue weighted by Crippen LogP contribution is 2.29. The second-order valence-electron chi connectivity index (χ2n) is 4.77. The van der Waals surface area contributed by atoms with Gasteiger partial charge >= 0.3 is 0 Å². The lowest BCUT2D eigenvalue weighted by Gasteiger charge is -2.31. The van der Waals surface area contributed by atoms with Crippen LogP contribution >= 0.6 is 0 Å². The molecule has 2 atom stereocenters. The minimum atomic E-state index is -0.761. The third kappa shape index (κ3) is 2.54. The van der Waals surface area contributed by atoms with Gasteiger partial charge in [-0.15, -0.1) is 0 Å². The van der Waals surface area contributed by atoms with Crippen molar-refractivity contribution in [2.75, 3.05) is 13.7 Å². The molecule has 0 bridgehead atoms. The van der Waals surface area contributed by atoms with Crippen LogP contribution in [0.2, 0.25) is 0 Å². The lowest BCUT2D eigenvalue weighted by molar-refractivity contribution is -0.00743. The Morgan fingerprint density at radius 2 is 2.06 bits per heavy atom. The van der Waals surface area contributed by atoms with Crippen LogP contribution in [0.15, 0.2) is 12.1 Å². The van der Waals surface area contributed by atoms with Gasteiger partial charge in [-0.3, -0.25) is 0 Å². The van der Waals surface area contributed by atoms with Crippen molar-refractivity contribution in [3.63, 3.8) is 0 Å². The molecular formula is C14H19F2NO. The van der Waals surface area contributed by atoms with Crippen LogP contribution in [0, 0.1) is 18.6 Å². The maximum atomic E-state index is 14.0. The van der Waals surface area contributed by atoms with Gasteiger partial charge in [0.05, 0.1) is 12.1 Å². The normalized spacial score (nSPS) is 21.9. The van der Waals surface area contributed by atoms with Crippen molar-refractivity contribution < 1.29 is 13.5 Å². The molecule has 0 aliphatic carbocycles. The predicted octanol–water partition coefficient (Wildman–Crippen LogP) is 3.10. The molecule has 18 heavy (non-hydrogen) atoms. The number of aryl methyl sites for hydroxylation is 1. The first-order valence-electron chi connectivity index (χ1n) is 6.38. The van der Waals surface area contributed by atoms with Gasteiger partial charge in [0.15, 0.2) is 11.6 Å². The summed E-state index contributed by atoms with van der Waals surface area (Å²) in [6.45, 7) is 2.26. The quantitative estimate of drug-likeness (QED) is 0.896. The van der Waals surface area contributed by atoms with Gasteiger partial charge in [0.2, 0.25) is 0 Å². The van der Waals surface area contributed by atoms with Crippen LogP contribution < -0.4 is 5.32 Å². The highest BCUT2D eigenvalue weighted by molar-refractivity contribution is 5.28. The number of likely N-dealkylation sites (N-methyl/N-ethyl adjacent to an activating group) is 1. The average Bonchev–Trinajstić information content (AvgIpc) is 2.41. The van der Waals surface area contributed by atoms with Crippen molar-refractivity contribution in [2.45, 2.75) is 38.3 Å². The van der Waals surface area contributed by atoms with Gasteiger partial charge in [0.25, 0.3) is 0 Å². The molecule has 2 nitrogen and oxygen atoms in total. The molecule has 1 aliphatic rings. The number of nitrogens with one attached hydrogen (secondary N) is 1. The third-order valence-corrected chi connectivity index (χ3v) is 3.54.